The van der Waals surface area contributed by atoms with Crippen LogP contribution in [0.4, 0.5) is 0 Å². The van der Waals surface area contributed by atoms with Crippen LogP contribution in [0.2, 0.25) is 0 Å². The van der Waals surface area contributed by atoms with E-state index >= 15 is 0 Å². The summed E-state index contributed by atoms with van der Waals surface area (Å²) in [5, 5.41) is 2.11. The van der Waals surface area contributed by atoms with Gasteiger partial charge in [-0.25, -0.2) is 4.98 Å². The molecule has 3 rings (SSSR count). The van der Waals surface area contributed by atoms with Crippen molar-refractivity contribution in [3.63, 3.8) is 0 Å². The molecule has 0 unspecified atom stereocenters. The molecule has 0 atom stereocenters. The lowest BCUT2D eigenvalue weighted by molar-refractivity contribution is 0.416. The molecule has 2 heterocycles. The van der Waals surface area contributed by atoms with Gasteiger partial charge >= 0.3 is 0 Å². The molecular weight excluding hydrogens is 258 g/mol. The Morgan fingerprint density at radius 1 is 1.37 bits per heavy atom. The molecule has 0 fully saturated rings. The van der Waals surface area contributed by atoms with Gasteiger partial charge in [-0.2, -0.15) is 0 Å². The van der Waals surface area contributed by atoms with Crippen LogP contribution in [0.5, 0.6) is 5.75 Å². The SMILES string of the molecule is COc1ccccc1-c1cn2c(CCN)csc2n1. The molecule has 0 spiro atoms. The van der Waals surface area contributed by atoms with E-state index in [1.54, 1.807) is 18.4 Å². The van der Waals surface area contributed by atoms with Crippen molar-refractivity contribution in [2.45, 2.75) is 6.42 Å². The lowest BCUT2D eigenvalue weighted by atomic mass is 10.1. The van der Waals surface area contributed by atoms with Crippen molar-refractivity contribution in [2.75, 3.05) is 13.7 Å². The zero-order chi connectivity index (χ0) is 13.2. The second-order valence-electron chi connectivity index (χ2n) is 4.24. The average Bonchev–Trinajstić information content (AvgIpc) is 3.01. The summed E-state index contributed by atoms with van der Waals surface area (Å²) < 4.78 is 7.49. The number of imidazole rings is 1. The number of ether oxygens (including phenoxy) is 1. The molecule has 3 aromatic rings. The number of hydrogen-bond donors (Lipinski definition) is 1. The fourth-order valence-corrected chi connectivity index (χ4v) is 3.05. The number of nitrogens with zero attached hydrogens (tertiary/aromatic N) is 2. The lowest BCUT2D eigenvalue weighted by Gasteiger charge is -2.04. The summed E-state index contributed by atoms with van der Waals surface area (Å²) in [6, 6.07) is 7.92. The van der Waals surface area contributed by atoms with Crippen LogP contribution in [-0.4, -0.2) is 23.0 Å². The Morgan fingerprint density at radius 2 is 2.21 bits per heavy atom. The van der Waals surface area contributed by atoms with Crippen LogP contribution in [0.3, 0.4) is 0 Å². The van der Waals surface area contributed by atoms with E-state index in [-0.39, 0.29) is 0 Å². The van der Waals surface area contributed by atoms with E-state index < -0.39 is 0 Å². The molecule has 0 amide bonds. The van der Waals surface area contributed by atoms with Crippen molar-refractivity contribution in [2.24, 2.45) is 5.73 Å². The number of aromatic nitrogens is 2. The Bertz CT molecular complexity index is 702. The first-order valence-corrected chi connectivity index (χ1v) is 7.00. The van der Waals surface area contributed by atoms with Crippen molar-refractivity contribution >= 4 is 16.3 Å². The summed E-state index contributed by atoms with van der Waals surface area (Å²) in [4.78, 5) is 5.65. The molecule has 0 aliphatic rings. The van der Waals surface area contributed by atoms with Crippen LogP contribution in [0.1, 0.15) is 5.69 Å². The normalized spacial score (nSPS) is 11.1. The van der Waals surface area contributed by atoms with Gasteiger partial charge in [0.05, 0.1) is 12.8 Å². The highest BCUT2D eigenvalue weighted by Crippen LogP contribution is 2.30. The maximum absolute atomic E-state index is 5.63. The van der Waals surface area contributed by atoms with Crippen LogP contribution in [0.15, 0.2) is 35.8 Å². The monoisotopic (exact) mass is 273 g/mol. The lowest BCUT2D eigenvalue weighted by Crippen LogP contribution is -2.04. The molecule has 0 radical (unpaired) electrons. The molecule has 5 heteroatoms. The number of para-hydroxylation sites is 1. The Balaban J connectivity index is 2.10. The Kier molecular flexibility index (Phi) is 3.23. The zero-order valence-corrected chi connectivity index (χ0v) is 11.5. The first-order chi connectivity index (χ1) is 9.33. The standard InChI is InChI=1S/C14H15N3OS/c1-18-13-5-3-2-4-11(13)12-8-17-10(6-7-15)9-19-14(17)16-12/h2-5,8-9H,6-7,15H2,1H3. The van der Waals surface area contributed by atoms with Crippen molar-refractivity contribution in [3.8, 4) is 17.0 Å². The second-order valence-corrected chi connectivity index (χ2v) is 5.08. The van der Waals surface area contributed by atoms with E-state index in [0.29, 0.717) is 6.54 Å². The number of hydrogen-bond acceptors (Lipinski definition) is 4. The smallest absolute Gasteiger partial charge is 0.194 e. The van der Waals surface area contributed by atoms with Gasteiger partial charge in [-0.15, -0.1) is 11.3 Å². The summed E-state index contributed by atoms with van der Waals surface area (Å²) in [5.41, 5.74) is 8.78. The molecule has 2 aromatic heterocycles. The van der Waals surface area contributed by atoms with Crippen molar-refractivity contribution in [3.05, 3.63) is 41.5 Å². The predicted octanol–water partition coefficient (Wildman–Crippen LogP) is 2.57. The van der Waals surface area contributed by atoms with Crippen molar-refractivity contribution in [1.29, 1.82) is 0 Å². The van der Waals surface area contributed by atoms with Crippen LogP contribution in [0, 0.1) is 0 Å². The summed E-state index contributed by atoms with van der Waals surface area (Å²) in [7, 11) is 1.68. The van der Waals surface area contributed by atoms with Crippen LogP contribution < -0.4 is 10.5 Å². The van der Waals surface area contributed by atoms with Gasteiger partial charge in [0.2, 0.25) is 0 Å². The van der Waals surface area contributed by atoms with E-state index in [0.717, 1.165) is 28.4 Å². The molecule has 0 bridgehead atoms. The molecule has 0 aliphatic heterocycles. The van der Waals surface area contributed by atoms with E-state index in [1.165, 1.54) is 5.69 Å². The maximum Gasteiger partial charge on any atom is 0.194 e. The van der Waals surface area contributed by atoms with Gasteiger partial charge in [0.15, 0.2) is 4.96 Å². The molecular formula is C14H15N3OS. The topological polar surface area (TPSA) is 52.5 Å². The summed E-state index contributed by atoms with van der Waals surface area (Å²) in [5.74, 6) is 0.841. The fraction of sp³-hybridized carbons (Fsp3) is 0.214. The first-order valence-electron chi connectivity index (χ1n) is 6.12. The van der Waals surface area contributed by atoms with Gasteiger partial charge in [0.1, 0.15) is 5.75 Å². The van der Waals surface area contributed by atoms with E-state index in [1.807, 2.05) is 24.3 Å². The maximum atomic E-state index is 5.63. The number of thiazole rings is 1. The number of rotatable bonds is 4. The molecule has 0 saturated carbocycles. The minimum atomic E-state index is 0.647. The molecule has 1 aromatic carbocycles. The molecule has 98 valence electrons. The van der Waals surface area contributed by atoms with Crippen LogP contribution in [-0.2, 0) is 6.42 Å². The summed E-state index contributed by atoms with van der Waals surface area (Å²) in [6.07, 6.45) is 2.91. The third-order valence-electron chi connectivity index (χ3n) is 3.07. The number of nitrogens with two attached hydrogens (primary N) is 1. The third-order valence-corrected chi connectivity index (χ3v) is 3.96. The van der Waals surface area contributed by atoms with Gasteiger partial charge in [-0.1, -0.05) is 12.1 Å². The van der Waals surface area contributed by atoms with E-state index in [9.17, 15) is 0 Å². The molecule has 0 saturated heterocycles. The largest absolute Gasteiger partial charge is 0.496 e. The number of benzene rings is 1. The first kappa shape index (κ1) is 12.2. The van der Waals surface area contributed by atoms with E-state index in [2.05, 4.69) is 21.0 Å². The minimum absolute atomic E-state index is 0.647. The number of fused-ring (bicyclic) bond motifs is 1. The fourth-order valence-electron chi connectivity index (χ4n) is 2.14. The van der Waals surface area contributed by atoms with Crippen molar-refractivity contribution in [1.82, 2.24) is 9.38 Å². The van der Waals surface area contributed by atoms with Crippen molar-refractivity contribution < 1.29 is 4.74 Å². The van der Waals surface area contributed by atoms with Gasteiger partial charge in [0.25, 0.3) is 0 Å². The van der Waals surface area contributed by atoms with Crippen LogP contribution in [0.25, 0.3) is 16.2 Å². The van der Waals surface area contributed by atoms with Gasteiger partial charge in [-0.3, -0.25) is 4.40 Å². The second kappa shape index (κ2) is 5.03. The highest BCUT2D eigenvalue weighted by Gasteiger charge is 2.12. The highest BCUT2D eigenvalue weighted by atomic mass is 32.1. The zero-order valence-electron chi connectivity index (χ0n) is 10.7. The predicted molar refractivity (Wildman–Crippen MR) is 77.8 cm³/mol. The van der Waals surface area contributed by atoms with Crippen LogP contribution >= 0.6 is 11.3 Å². The molecule has 2 N–H and O–H groups in total. The molecule has 4 nitrogen and oxygen atoms in total. The third kappa shape index (κ3) is 2.11. The van der Waals surface area contributed by atoms with E-state index in [4.69, 9.17) is 10.5 Å². The Morgan fingerprint density at radius 3 is 3.00 bits per heavy atom. The highest BCUT2D eigenvalue weighted by molar-refractivity contribution is 7.15. The quantitative estimate of drug-likeness (QED) is 0.795. The summed E-state index contributed by atoms with van der Waals surface area (Å²) in [6.45, 7) is 0.647. The Hall–Kier alpha value is -1.85. The summed E-state index contributed by atoms with van der Waals surface area (Å²) >= 11 is 1.64. The van der Waals surface area contributed by atoms with Gasteiger partial charge in [0, 0.05) is 29.3 Å². The van der Waals surface area contributed by atoms with Gasteiger partial charge in [-0.05, 0) is 18.7 Å². The number of methoxy groups -OCH3 is 1. The average molecular weight is 273 g/mol. The molecule has 0 aliphatic carbocycles. The molecule has 19 heavy (non-hydrogen) atoms. The Labute approximate surface area is 115 Å². The van der Waals surface area contributed by atoms with Gasteiger partial charge < -0.3 is 10.5 Å². The minimum Gasteiger partial charge on any atom is -0.496 e.